The number of rotatable bonds is 12. The second kappa shape index (κ2) is 9.45. The van der Waals surface area contributed by atoms with E-state index in [-0.39, 0.29) is 23.8 Å². The Balaban J connectivity index is 2.22. The van der Waals surface area contributed by atoms with E-state index in [1.165, 1.54) is 19.3 Å². The van der Waals surface area contributed by atoms with Crippen LogP contribution in [0.4, 0.5) is 0 Å². The average molecular weight is 297 g/mol. The minimum Gasteiger partial charge on any atom is -0.396 e. The molecule has 1 saturated carbocycles. The molecule has 3 heteroatoms. The first kappa shape index (κ1) is 18.5. The van der Waals surface area contributed by atoms with Gasteiger partial charge in [0.05, 0.1) is 6.61 Å². The predicted octanol–water partition coefficient (Wildman–Crippen LogP) is 3.90. The molecule has 21 heavy (non-hydrogen) atoms. The van der Waals surface area contributed by atoms with E-state index in [0.717, 1.165) is 44.4 Å². The second-order valence-electron chi connectivity index (χ2n) is 7.39. The van der Waals surface area contributed by atoms with E-state index in [4.69, 9.17) is 0 Å². The number of aliphatic hydroxyl groups is 1. The van der Waals surface area contributed by atoms with E-state index in [0.29, 0.717) is 6.54 Å². The monoisotopic (exact) mass is 297 g/mol. The third-order valence-electron chi connectivity index (χ3n) is 4.77. The molecule has 0 radical (unpaired) electrons. The fraction of sp³-hybridized carbons (Fsp3) is 0.944. The smallest absolute Gasteiger partial charge is 0.223 e. The van der Waals surface area contributed by atoms with Gasteiger partial charge in [0.1, 0.15) is 0 Å². The van der Waals surface area contributed by atoms with Gasteiger partial charge >= 0.3 is 0 Å². The van der Waals surface area contributed by atoms with Gasteiger partial charge in [-0.05, 0) is 31.6 Å². The van der Waals surface area contributed by atoms with E-state index in [2.05, 4.69) is 26.1 Å². The van der Waals surface area contributed by atoms with E-state index in [1.54, 1.807) is 0 Å². The Morgan fingerprint density at radius 1 is 1.14 bits per heavy atom. The van der Waals surface area contributed by atoms with Crippen LogP contribution in [0.2, 0.25) is 0 Å². The van der Waals surface area contributed by atoms with E-state index in [1.807, 2.05) is 0 Å². The van der Waals surface area contributed by atoms with Crippen LogP contribution in [0.15, 0.2) is 0 Å². The first-order valence-electron chi connectivity index (χ1n) is 8.91. The van der Waals surface area contributed by atoms with Crippen molar-refractivity contribution in [3.8, 4) is 0 Å². The fourth-order valence-corrected chi connectivity index (χ4v) is 2.86. The lowest BCUT2D eigenvalue weighted by Crippen LogP contribution is -2.36. The summed E-state index contributed by atoms with van der Waals surface area (Å²) in [5.41, 5.74) is 0.0175. The molecule has 0 spiro atoms. The van der Waals surface area contributed by atoms with E-state index in [9.17, 15) is 9.90 Å². The van der Waals surface area contributed by atoms with Crippen molar-refractivity contribution in [2.75, 3.05) is 13.2 Å². The maximum absolute atomic E-state index is 12.3. The van der Waals surface area contributed by atoms with Gasteiger partial charge in [-0.25, -0.2) is 0 Å². The summed E-state index contributed by atoms with van der Waals surface area (Å²) in [6, 6.07) is 0. The molecule has 0 aliphatic heterocycles. The van der Waals surface area contributed by atoms with Gasteiger partial charge < -0.3 is 10.4 Å². The highest BCUT2D eigenvalue weighted by Crippen LogP contribution is 2.44. The first-order valence-corrected chi connectivity index (χ1v) is 8.91. The Morgan fingerprint density at radius 3 is 2.33 bits per heavy atom. The summed E-state index contributed by atoms with van der Waals surface area (Å²) < 4.78 is 0. The third kappa shape index (κ3) is 7.30. The molecule has 1 unspecified atom stereocenters. The quantitative estimate of drug-likeness (QED) is 0.537. The number of hydrogen-bond acceptors (Lipinski definition) is 2. The van der Waals surface area contributed by atoms with Crippen LogP contribution in [-0.4, -0.2) is 24.2 Å². The number of amides is 1. The average Bonchev–Trinajstić information content (AvgIpc) is 3.23. The number of nitrogens with one attached hydrogen (secondary N) is 1. The third-order valence-corrected chi connectivity index (χ3v) is 4.77. The van der Waals surface area contributed by atoms with Crippen LogP contribution in [-0.2, 0) is 4.79 Å². The van der Waals surface area contributed by atoms with Crippen LogP contribution in [0.5, 0.6) is 0 Å². The summed E-state index contributed by atoms with van der Waals surface area (Å²) in [5.74, 6) is 1.16. The summed E-state index contributed by atoms with van der Waals surface area (Å²) in [4.78, 5) is 12.3. The van der Waals surface area contributed by atoms with Gasteiger partial charge in [0.2, 0.25) is 5.91 Å². The normalized spacial score (nSPS) is 17.8. The van der Waals surface area contributed by atoms with Crippen molar-refractivity contribution in [3.63, 3.8) is 0 Å². The Morgan fingerprint density at radius 2 is 1.81 bits per heavy atom. The molecule has 0 heterocycles. The van der Waals surface area contributed by atoms with Crippen molar-refractivity contribution in [2.24, 2.45) is 17.3 Å². The molecule has 124 valence electrons. The van der Waals surface area contributed by atoms with Crippen LogP contribution < -0.4 is 5.32 Å². The fourth-order valence-electron chi connectivity index (χ4n) is 2.86. The Kier molecular flexibility index (Phi) is 8.31. The molecule has 1 atom stereocenters. The Bertz CT molecular complexity index is 298. The summed E-state index contributed by atoms with van der Waals surface area (Å²) in [7, 11) is 0. The van der Waals surface area contributed by atoms with Crippen LogP contribution >= 0.6 is 0 Å². The minimum atomic E-state index is 0.0175. The number of hydrogen-bond donors (Lipinski definition) is 2. The van der Waals surface area contributed by atoms with Crippen molar-refractivity contribution in [3.05, 3.63) is 0 Å². The van der Waals surface area contributed by atoms with Gasteiger partial charge in [0, 0.05) is 17.9 Å². The molecule has 0 aromatic carbocycles. The highest BCUT2D eigenvalue weighted by molar-refractivity contribution is 5.78. The summed E-state index contributed by atoms with van der Waals surface area (Å²) >= 11 is 0. The molecule has 2 N–H and O–H groups in total. The molecule has 0 saturated heterocycles. The van der Waals surface area contributed by atoms with Crippen molar-refractivity contribution >= 4 is 5.91 Å². The number of carbonyl (C=O) groups excluding carboxylic acids is 1. The first-order chi connectivity index (χ1) is 10.0. The highest BCUT2D eigenvalue weighted by atomic mass is 16.3. The lowest BCUT2D eigenvalue weighted by atomic mass is 9.94. The molecular weight excluding hydrogens is 262 g/mol. The maximum atomic E-state index is 12.3. The molecule has 1 aliphatic rings. The zero-order valence-corrected chi connectivity index (χ0v) is 14.3. The minimum absolute atomic E-state index is 0.0175. The van der Waals surface area contributed by atoms with Crippen molar-refractivity contribution in [1.82, 2.24) is 5.32 Å². The lowest BCUT2D eigenvalue weighted by molar-refractivity contribution is -0.125. The summed E-state index contributed by atoms with van der Waals surface area (Å²) in [5, 5.41) is 12.4. The number of unbranched alkanes of at least 4 members (excludes halogenated alkanes) is 2. The predicted molar refractivity (Wildman–Crippen MR) is 88.1 cm³/mol. The summed E-state index contributed by atoms with van der Waals surface area (Å²) in [6.07, 6.45) is 10.2. The van der Waals surface area contributed by atoms with Crippen LogP contribution in [0.25, 0.3) is 0 Å². The maximum Gasteiger partial charge on any atom is 0.223 e. The summed E-state index contributed by atoms with van der Waals surface area (Å²) in [6.45, 7) is 7.55. The molecular formula is C18H35NO2. The SMILES string of the molecule is CCCC(CCCCCC(C)C)C(=O)NCC1(CO)CC1. The molecule has 1 amide bonds. The van der Waals surface area contributed by atoms with E-state index >= 15 is 0 Å². The molecule has 0 aromatic rings. The Labute approximate surface area is 130 Å². The molecule has 3 nitrogen and oxygen atoms in total. The second-order valence-corrected chi connectivity index (χ2v) is 7.39. The molecule has 1 aliphatic carbocycles. The number of aliphatic hydroxyl groups excluding tert-OH is 1. The van der Waals surface area contributed by atoms with Crippen LogP contribution in [0.3, 0.4) is 0 Å². The Hall–Kier alpha value is -0.570. The zero-order valence-electron chi connectivity index (χ0n) is 14.3. The van der Waals surface area contributed by atoms with Crippen LogP contribution in [0, 0.1) is 17.3 Å². The van der Waals surface area contributed by atoms with Gasteiger partial charge in [-0.2, -0.15) is 0 Å². The molecule has 0 bridgehead atoms. The highest BCUT2D eigenvalue weighted by Gasteiger charge is 2.42. The van der Waals surface area contributed by atoms with Gasteiger partial charge in [0.25, 0.3) is 0 Å². The molecule has 1 fully saturated rings. The van der Waals surface area contributed by atoms with Crippen LogP contribution in [0.1, 0.15) is 78.6 Å². The number of carbonyl (C=O) groups is 1. The van der Waals surface area contributed by atoms with Gasteiger partial charge in [-0.15, -0.1) is 0 Å². The van der Waals surface area contributed by atoms with Gasteiger partial charge in [0.15, 0.2) is 0 Å². The largest absolute Gasteiger partial charge is 0.396 e. The molecule has 1 rings (SSSR count). The van der Waals surface area contributed by atoms with Crippen molar-refractivity contribution < 1.29 is 9.90 Å². The zero-order chi connectivity index (χ0) is 15.7. The van der Waals surface area contributed by atoms with Crippen molar-refractivity contribution in [1.29, 1.82) is 0 Å². The lowest BCUT2D eigenvalue weighted by Gasteiger charge is -2.19. The molecule has 0 aromatic heterocycles. The van der Waals surface area contributed by atoms with Crippen molar-refractivity contribution in [2.45, 2.75) is 78.6 Å². The van der Waals surface area contributed by atoms with E-state index < -0.39 is 0 Å². The topological polar surface area (TPSA) is 49.3 Å². The standard InChI is InChI=1S/C18H35NO2/c1-4-8-16(10-7-5-6-9-15(2)3)17(21)19-13-18(14-20)11-12-18/h15-16,20H,4-14H2,1-3H3,(H,19,21). The van der Waals surface area contributed by atoms with Gasteiger partial charge in [-0.3, -0.25) is 4.79 Å². The van der Waals surface area contributed by atoms with Gasteiger partial charge in [-0.1, -0.05) is 52.9 Å².